The Morgan fingerprint density at radius 2 is 1.82 bits per heavy atom. The summed E-state index contributed by atoms with van der Waals surface area (Å²) in [4.78, 5) is 23.1. The molecule has 0 amide bonds. The van der Waals surface area contributed by atoms with Crippen molar-refractivity contribution >= 4 is 11.9 Å². The standard InChI is InChI=1S/C12H17NO4/c1-4-7-9(11(14)16-5-2)10(8-13)12(15)17-6-3/h4,9-10H,1,5-7H2,2-3H3. The minimum Gasteiger partial charge on any atom is -0.466 e. The van der Waals surface area contributed by atoms with E-state index in [4.69, 9.17) is 14.7 Å². The van der Waals surface area contributed by atoms with Crippen LogP contribution in [0.3, 0.4) is 0 Å². The van der Waals surface area contributed by atoms with Crippen molar-refractivity contribution in [3.63, 3.8) is 0 Å². The number of carbonyl (C=O) groups excluding carboxylic acids is 2. The molecule has 94 valence electrons. The van der Waals surface area contributed by atoms with Gasteiger partial charge in [0.25, 0.3) is 0 Å². The van der Waals surface area contributed by atoms with Crippen LogP contribution in [0.4, 0.5) is 0 Å². The number of allylic oxidation sites excluding steroid dienone is 1. The van der Waals surface area contributed by atoms with Crippen LogP contribution in [-0.2, 0) is 19.1 Å². The molecule has 0 spiro atoms. The van der Waals surface area contributed by atoms with Gasteiger partial charge in [0.2, 0.25) is 0 Å². The monoisotopic (exact) mass is 239 g/mol. The van der Waals surface area contributed by atoms with Crippen LogP contribution in [-0.4, -0.2) is 25.2 Å². The number of esters is 2. The Labute approximate surface area is 101 Å². The van der Waals surface area contributed by atoms with E-state index >= 15 is 0 Å². The van der Waals surface area contributed by atoms with Gasteiger partial charge in [0.1, 0.15) is 0 Å². The van der Waals surface area contributed by atoms with E-state index in [2.05, 4.69) is 6.58 Å². The molecule has 0 saturated heterocycles. The molecule has 0 bridgehead atoms. The van der Waals surface area contributed by atoms with Crippen LogP contribution in [0.2, 0.25) is 0 Å². The van der Waals surface area contributed by atoms with Crippen molar-refractivity contribution in [1.82, 2.24) is 0 Å². The van der Waals surface area contributed by atoms with E-state index in [1.165, 1.54) is 6.08 Å². The van der Waals surface area contributed by atoms with Gasteiger partial charge in [0.05, 0.1) is 25.2 Å². The smallest absolute Gasteiger partial charge is 0.324 e. The molecular weight excluding hydrogens is 222 g/mol. The Balaban J connectivity index is 4.86. The molecule has 17 heavy (non-hydrogen) atoms. The quantitative estimate of drug-likeness (QED) is 0.496. The van der Waals surface area contributed by atoms with E-state index < -0.39 is 23.8 Å². The Morgan fingerprint density at radius 3 is 2.24 bits per heavy atom. The maximum absolute atomic E-state index is 11.6. The lowest BCUT2D eigenvalue weighted by Gasteiger charge is -2.17. The molecule has 0 aliphatic rings. The molecule has 0 aromatic carbocycles. The molecule has 0 aromatic rings. The fourth-order valence-corrected chi connectivity index (χ4v) is 1.34. The summed E-state index contributed by atoms with van der Waals surface area (Å²) >= 11 is 0. The summed E-state index contributed by atoms with van der Waals surface area (Å²) in [6, 6.07) is 1.79. The van der Waals surface area contributed by atoms with Crippen molar-refractivity contribution in [2.45, 2.75) is 20.3 Å². The Kier molecular flexibility index (Phi) is 7.44. The lowest BCUT2D eigenvalue weighted by Crippen LogP contribution is -2.31. The summed E-state index contributed by atoms with van der Waals surface area (Å²) in [6.45, 7) is 7.16. The predicted octanol–water partition coefficient (Wildman–Crippen LogP) is 1.44. The van der Waals surface area contributed by atoms with Gasteiger partial charge in [-0.15, -0.1) is 6.58 Å². The molecule has 0 rings (SSSR count). The molecule has 0 saturated carbocycles. The molecule has 0 N–H and O–H groups in total. The van der Waals surface area contributed by atoms with Gasteiger partial charge >= 0.3 is 11.9 Å². The van der Waals surface area contributed by atoms with Gasteiger partial charge in [0.15, 0.2) is 5.92 Å². The normalized spacial score (nSPS) is 13.0. The second-order valence-corrected chi connectivity index (χ2v) is 3.24. The van der Waals surface area contributed by atoms with E-state index in [1.807, 2.05) is 0 Å². The summed E-state index contributed by atoms with van der Waals surface area (Å²) in [5, 5.41) is 8.94. The van der Waals surface area contributed by atoms with Crippen molar-refractivity contribution in [3.8, 4) is 6.07 Å². The molecule has 0 heterocycles. The van der Waals surface area contributed by atoms with Crippen LogP contribution in [0.15, 0.2) is 12.7 Å². The van der Waals surface area contributed by atoms with Gasteiger partial charge in [0, 0.05) is 0 Å². The van der Waals surface area contributed by atoms with Crippen molar-refractivity contribution in [1.29, 1.82) is 5.26 Å². The lowest BCUT2D eigenvalue weighted by atomic mass is 9.90. The number of nitriles is 1. The number of hydrogen-bond donors (Lipinski definition) is 0. The number of hydrogen-bond acceptors (Lipinski definition) is 5. The lowest BCUT2D eigenvalue weighted by molar-refractivity contribution is -0.157. The third kappa shape index (κ3) is 4.68. The van der Waals surface area contributed by atoms with E-state index in [9.17, 15) is 9.59 Å². The average molecular weight is 239 g/mol. The first kappa shape index (κ1) is 15.2. The predicted molar refractivity (Wildman–Crippen MR) is 60.7 cm³/mol. The molecule has 0 radical (unpaired) electrons. The number of ether oxygens (including phenoxy) is 2. The van der Waals surface area contributed by atoms with E-state index in [0.29, 0.717) is 0 Å². The zero-order valence-corrected chi connectivity index (χ0v) is 10.1. The van der Waals surface area contributed by atoms with E-state index in [0.717, 1.165) is 0 Å². The van der Waals surface area contributed by atoms with Gasteiger partial charge in [-0.25, -0.2) is 0 Å². The minimum absolute atomic E-state index is 0.167. The van der Waals surface area contributed by atoms with Gasteiger partial charge in [-0.05, 0) is 20.3 Å². The number of nitrogens with zero attached hydrogens (tertiary/aromatic N) is 1. The largest absolute Gasteiger partial charge is 0.466 e. The second-order valence-electron chi connectivity index (χ2n) is 3.24. The first-order chi connectivity index (χ1) is 8.12. The van der Waals surface area contributed by atoms with Gasteiger partial charge in [-0.2, -0.15) is 5.26 Å². The van der Waals surface area contributed by atoms with Crippen molar-refractivity contribution in [2.24, 2.45) is 11.8 Å². The zero-order chi connectivity index (χ0) is 13.3. The van der Waals surface area contributed by atoms with Crippen LogP contribution in [0.5, 0.6) is 0 Å². The van der Waals surface area contributed by atoms with Crippen molar-refractivity contribution in [2.75, 3.05) is 13.2 Å². The highest BCUT2D eigenvalue weighted by Crippen LogP contribution is 2.19. The molecule has 5 nitrogen and oxygen atoms in total. The highest BCUT2D eigenvalue weighted by molar-refractivity contribution is 5.84. The molecule has 2 atom stereocenters. The average Bonchev–Trinajstić information content (AvgIpc) is 2.29. The molecule has 0 aliphatic carbocycles. The zero-order valence-electron chi connectivity index (χ0n) is 10.1. The van der Waals surface area contributed by atoms with Crippen molar-refractivity contribution in [3.05, 3.63) is 12.7 Å². The summed E-state index contributed by atoms with van der Waals surface area (Å²) < 4.78 is 9.57. The van der Waals surface area contributed by atoms with E-state index in [-0.39, 0.29) is 19.6 Å². The Hall–Kier alpha value is -1.83. The third-order valence-electron chi connectivity index (χ3n) is 2.09. The SMILES string of the molecule is C=CCC(C(=O)OCC)C(C#N)C(=O)OCC. The fourth-order valence-electron chi connectivity index (χ4n) is 1.34. The minimum atomic E-state index is -1.15. The summed E-state index contributed by atoms with van der Waals surface area (Å²) in [6.07, 6.45) is 1.68. The van der Waals surface area contributed by atoms with Gasteiger partial charge < -0.3 is 9.47 Å². The topological polar surface area (TPSA) is 76.4 Å². The van der Waals surface area contributed by atoms with Gasteiger partial charge in [-0.3, -0.25) is 9.59 Å². The third-order valence-corrected chi connectivity index (χ3v) is 2.09. The first-order valence-corrected chi connectivity index (χ1v) is 5.46. The summed E-state index contributed by atoms with van der Waals surface area (Å²) in [5.41, 5.74) is 0. The molecule has 5 heteroatoms. The summed E-state index contributed by atoms with van der Waals surface area (Å²) in [7, 11) is 0. The first-order valence-electron chi connectivity index (χ1n) is 5.46. The molecular formula is C12H17NO4. The van der Waals surface area contributed by atoms with E-state index in [1.54, 1.807) is 19.9 Å². The molecule has 2 unspecified atom stereocenters. The summed E-state index contributed by atoms with van der Waals surface area (Å²) in [5.74, 6) is -3.27. The molecule has 0 fully saturated rings. The molecule has 0 aliphatic heterocycles. The number of carbonyl (C=O) groups is 2. The van der Waals surface area contributed by atoms with Crippen LogP contribution < -0.4 is 0 Å². The fraction of sp³-hybridized carbons (Fsp3) is 0.583. The van der Waals surface area contributed by atoms with Gasteiger partial charge in [-0.1, -0.05) is 6.08 Å². The number of rotatable bonds is 7. The second kappa shape index (κ2) is 8.34. The Morgan fingerprint density at radius 1 is 1.29 bits per heavy atom. The maximum atomic E-state index is 11.6. The van der Waals surface area contributed by atoms with Crippen LogP contribution >= 0.6 is 0 Å². The van der Waals surface area contributed by atoms with Crippen molar-refractivity contribution < 1.29 is 19.1 Å². The van der Waals surface area contributed by atoms with Crippen LogP contribution in [0.1, 0.15) is 20.3 Å². The highest BCUT2D eigenvalue weighted by atomic mass is 16.5. The highest BCUT2D eigenvalue weighted by Gasteiger charge is 2.35. The maximum Gasteiger partial charge on any atom is 0.324 e. The molecule has 0 aromatic heterocycles. The Bertz CT molecular complexity index is 319. The van der Waals surface area contributed by atoms with Crippen LogP contribution in [0, 0.1) is 23.2 Å². The van der Waals surface area contributed by atoms with Crippen LogP contribution in [0.25, 0.3) is 0 Å².